The van der Waals surface area contributed by atoms with E-state index in [-0.39, 0.29) is 23.7 Å². The van der Waals surface area contributed by atoms with E-state index in [1.807, 2.05) is 0 Å². The van der Waals surface area contributed by atoms with Crippen LogP contribution in [-0.4, -0.2) is 34.7 Å². The summed E-state index contributed by atoms with van der Waals surface area (Å²) in [6.07, 6.45) is 4.08. The molecule has 32 heavy (non-hydrogen) atoms. The number of Topliss-reactive ketones (excluding diaryl/α,β-unsaturated/α-hetero) is 1. The first-order valence-corrected chi connectivity index (χ1v) is 10.8. The minimum Gasteiger partial charge on any atom is -0.443 e. The fourth-order valence-electron chi connectivity index (χ4n) is 3.76. The highest BCUT2D eigenvalue weighted by atomic mass is 16.6. The second-order valence-electron chi connectivity index (χ2n) is 7.90. The molecule has 0 aliphatic heterocycles. The van der Waals surface area contributed by atoms with Crippen molar-refractivity contribution < 1.29 is 24.0 Å². The Morgan fingerprint density at radius 3 is 2.19 bits per heavy atom. The quantitative estimate of drug-likeness (QED) is 0.167. The molecule has 0 aromatic heterocycles. The van der Waals surface area contributed by atoms with Gasteiger partial charge in [-0.05, 0) is 18.4 Å². The van der Waals surface area contributed by atoms with Crippen molar-refractivity contribution in [2.45, 2.75) is 57.1 Å². The number of nitro benzene ring substituents is 1. The molecule has 0 radical (unpaired) electrons. The predicted octanol–water partition coefficient (Wildman–Crippen LogP) is 3.77. The summed E-state index contributed by atoms with van der Waals surface area (Å²) < 4.78 is 5.35. The zero-order chi connectivity index (χ0) is 22.9. The minimum absolute atomic E-state index is 0.0514. The van der Waals surface area contributed by atoms with Gasteiger partial charge in [0.25, 0.3) is 11.6 Å². The Kier molecular flexibility index (Phi) is 8.08. The molecule has 1 amide bonds. The summed E-state index contributed by atoms with van der Waals surface area (Å²) in [6.45, 7) is 0. The number of nitrogens with zero attached hydrogens (tertiary/aromatic N) is 1. The largest absolute Gasteiger partial charge is 0.443 e. The van der Waals surface area contributed by atoms with Crippen molar-refractivity contribution in [3.05, 3.63) is 75.8 Å². The molecule has 0 bridgehead atoms. The van der Waals surface area contributed by atoms with Gasteiger partial charge in [0.15, 0.2) is 0 Å². The molecule has 0 saturated heterocycles. The van der Waals surface area contributed by atoms with Gasteiger partial charge in [0.2, 0.25) is 11.9 Å². The van der Waals surface area contributed by atoms with Crippen LogP contribution >= 0.6 is 0 Å². The van der Waals surface area contributed by atoms with E-state index in [4.69, 9.17) is 4.74 Å². The maximum Gasteiger partial charge on any atom is 0.311 e. The number of esters is 1. The molecule has 1 fully saturated rings. The maximum atomic E-state index is 13.0. The number of carbonyl (C=O) groups is 3. The summed E-state index contributed by atoms with van der Waals surface area (Å²) in [6, 6.07) is 13.6. The van der Waals surface area contributed by atoms with Crippen LogP contribution in [0.3, 0.4) is 0 Å². The van der Waals surface area contributed by atoms with Crippen molar-refractivity contribution in [3.8, 4) is 0 Å². The van der Waals surface area contributed by atoms with Crippen LogP contribution in [0.2, 0.25) is 0 Å². The second-order valence-corrected chi connectivity index (χ2v) is 7.90. The highest BCUT2D eigenvalue weighted by Gasteiger charge is 2.33. The smallest absolute Gasteiger partial charge is 0.311 e. The van der Waals surface area contributed by atoms with Crippen molar-refractivity contribution in [2.24, 2.45) is 0 Å². The number of nitro groups is 1. The number of ether oxygens (including phenoxy) is 1. The zero-order valence-electron chi connectivity index (χ0n) is 17.7. The number of hydrogen-bond acceptors (Lipinski definition) is 6. The van der Waals surface area contributed by atoms with E-state index in [0.29, 0.717) is 5.56 Å². The van der Waals surface area contributed by atoms with E-state index in [2.05, 4.69) is 5.32 Å². The molecule has 0 heterocycles. The van der Waals surface area contributed by atoms with Crippen LogP contribution < -0.4 is 5.32 Å². The fraction of sp³-hybridized carbons (Fsp3) is 0.375. The third kappa shape index (κ3) is 6.47. The number of hydrogen-bond donors (Lipinski definition) is 1. The third-order valence-corrected chi connectivity index (χ3v) is 5.48. The molecular formula is C24H26N2O6. The van der Waals surface area contributed by atoms with Gasteiger partial charge < -0.3 is 10.1 Å². The van der Waals surface area contributed by atoms with Gasteiger partial charge in [-0.25, -0.2) is 0 Å². The van der Waals surface area contributed by atoms with E-state index >= 15 is 0 Å². The van der Waals surface area contributed by atoms with Crippen LogP contribution in [0.5, 0.6) is 0 Å². The van der Waals surface area contributed by atoms with Gasteiger partial charge in [0.1, 0.15) is 0 Å². The molecule has 1 atom stereocenters. The lowest BCUT2D eigenvalue weighted by Gasteiger charge is -2.21. The lowest BCUT2D eigenvalue weighted by atomic mass is 10.0. The van der Waals surface area contributed by atoms with Gasteiger partial charge in [-0.2, -0.15) is 0 Å². The third-order valence-electron chi connectivity index (χ3n) is 5.48. The number of nitrogens with one attached hydrogen (secondary N) is 1. The number of ketones is 1. The average molecular weight is 438 g/mol. The Morgan fingerprint density at radius 2 is 1.59 bits per heavy atom. The van der Waals surface area contributed by atoms with Gasteiger partial charge in [0.05, 0.1) is 11.3 Å². The summed E-state index contributed by atoms with van der Waals surface area (Å²) in [5.41, 5.74) is 0.661. The van der Waals surface area contributed by atoms with Crippen molar-refractivity contribution in [1.82, 2.24) is 5.32 Å². The Morgan fingerprint density at radius 1 is 0.969 bits per heavy atom. The van der Waals surface area contributed by atoms with Gasteiger partial charge in [0, 0.05) is 23.7 Å². The second kappa shape index (κ2) is 11.2. The Hall–Kier alpha value is -3.55. The minimum atomic E-state index is -1.59. The monoisotopic (exact) mass is 438 g/mol. The van der Waals surface area contributed by atoms with Crippen molar-refractivity contribution >= 4 is 23.3 Å². The Bertz CT molecular complexity index is 950. The zero-order valence-corrected chi connectivity index (χ0v) is 17.7. The van der Waals surface area contributed by atoms with Gasteiger partial charge in [-0.15, -0.1) is 0 Å². The van der Waals surface area contributed by atoms with Crippen molar-refractivity contribution in [1.29, 1.82) is 0 Å². The number of non-ortho nitro benzene ring substituents is 1. The first-order chi connectivity index (χ1) is 15.4. The highest BCUT2D eigenvalue weighted by Crippen LogP contribution is 2.18. The predicted molar refractivity (Wildman–Crippen MR) is 117 cm³/mol. The normalized spacial score (nSPS) is 15.2. The molecule has 2 aromatic carbocycles. The molecule has 1 saturated carbocycles. The Labute approximate surface area is 186 Å². The first kappa shape index (κ1) is 23.1. The number of benzene rings is 2. The molecule has 8 heteroatoms. The number of carbonyl (C=O) groups excluding carboxylic acids is 3. The molecule has 1 aliphatic carbocycles. The SMILES string of the molecule is O=C(Cc1ccc([N+](=O)[O-])cc1)OC(C(=O)NC1CCCCCC1)C(=O)c1ccccc1. The molecule has 2 aromatic rings. The van der Waals surface area contributed by atoms with Crippen LogP contribution in [0.1, 0.15) is 54.4 Å². The van der Waals surface area contributed by atoms with E-state index in [0.717, 1.165) is 38.5 Å². The standard InChI is InChI=1S/C24H26N2O6/c27-21(16-17-12-14-20(15-13-17)26(30)31)32-23(22(28)18-8-4-3-5-9-18)24(29)25-19-10-6-1-2-7-11-19/h3-5,8-9,12-15,19,23H,1-2,6-7,10-11,16H2,(H,25,29). The van der Waals surface area contributed by atoms with Crippen LogP contribution in [0, 0.1) is 10.1 Å². The highest BCUT2D eigenvalue weighted by molar-refractivity contribution is 6.13. The molecular weight excluding hydrogens is 412 g/mol. The summed E-state index contributed by atoms with van der Waals surface area (Å²) in [4.78, 5) is 48.7. The molecule has 1 aliphatic rings. The van der Waals surface area contributed by atoms with Crippen molar-refractivity contribution in [2.75, 3.05) is 0 Å². The molecule has 1 N–H and O–H groups in total. The van der Waals surface area contributed by atoms with E-state index in [1.54, 1.807) is 30.3 Å². The van der Waals surface area contributed by atoms with Crippen LogP contribution in [-0.2, 0) is 20.7 Å². The topological polar surface area (TPSA) is 116 Å². The van der Waals surface area contributed by atoms with Gasteiger partial charge in [-0.1, -0.05) is 68.1 Å². The lowest BCUT2D eigenvalue weighted by Crippen LogP contribution is -2.47. The summed E-state index contributed by atoms with van der Waals surface area (Å²) in [5, 5.41) is 13.7. The van der Waals surface area contributed by atoms with E-state index < -0.39 is 28.7 Å². The average Bonchev–Trinajstić information content (AvgIpc) is 3.06. The maximum absolute atomic E-state index is 13.0. The first-order valence-electron chi connectivity index (χ1n) is 10.8. The molecule has 3 rings (SSSR count). The van der Waals surface area contributed by atoms with E-state index in [1.165, 1.54) is 24.3 Å². The van der Waals surface area contributed by atoms with Crippen LogP contribution in [0.15, 0.2) is 54.6 Å². The van der Waals surface area contributed by atoms with Crippen LogP contribution in [0.4, 0.5) is 5.69 Å². The van der Waals surface area contributed by atoms with Crippen molar-refractivity contribution in [3.63, 3.8) is 0 Å². The molecule has 0 spiro atoms. The number of amides is 1. The Balaban J connectivity index is 1.72. The van der Waals surface area contributed by atoms with Gasteiger partial charge in [-0.3, -0.25) is 24.5 Å². The molecule has 168 valence electrons. The number of rotatable bonds is 8. The fourth-order valence-corrected chi connectivity index (χ4v) is 3.76. The summed E-state index contributed by atoms with van der Waals surface area (Å²) >= 11 is 0. The summed E-state index contributed by atoms with van der Waals surface area (Å²) in [7, 11) is 0. The summed E-state index contributed by atoms with van der Waals surface area (Å²) in [5.74, 6) is -1.97. The molecule has 1 unspecified atom stereocenters. The lowest BCUT2D eigenvalue weighted by molar-refractivity contribution is -0.384. The van der Waals surface area contributed by atoms with Crippen LogP contribution in [0.25, 0.3) is 0 Å². The van der Waals surface area contributed by atoms with E-state index in [9.17, 15) is 24.5 Å². The van der Waals surface area contributed by atoms with Gasteiger partial charge >= 0.3 is 5.97 Å². The molecule has 8 nitrogen and oxygen atoms in total.